The Morgan fingerprint density at radius 3 is 2.27 bits per heavy atom. The molecule has 4 heterocycles. The third-order valence-corrected chi connectivity index (χ3v) is 12.6. The number of thioether (sulfide) groups is 1. The Bertz CT molecular complexity index is 1270. The average molecular weight is 597 g/mol. The summed E-state index contributed by atoms with van der Waals surface area (Å²) in [5, 5.41) is 1.31. The lowest BCUT2D eigenvalue weighted by Crippen LogP contribution is -2.71. The van der Waals surface area contributed by atoms with Gasteiger partial charge in [-0.2, -0.15) is 10.6 Å². The molecule has 4 aliphatic rings. The molecule has 4 aliphatic heterocycles. The molecule has 5 N–H and O–H groups in total. The second-order valence-electron chi connectivity index (χ2n) is 11.2. The molecule has 0 spiro atoms. The minimum atomic E-state index is -3.30. The number of fused-ring (bicyclic) bond motifs is 2. The summed E-state index contributed by atoms with van der Waals surface area (Å²) in [6.45, 7) is 5.68. The number of β-lactam (4-membered cyclic amide) rings is 2. The maximum absolute atomic E-state index is 13.1. The Balaban J connectivity index is 1.18. The third kappa shape index (κ3) is 4.17. The lowest BCUT2D eigenvalue weighted by atomic mass is 9.95. The van der Waals surface area contributed by atoms with Gasteiger partial charge in [0.1, 0.15) is 28.9 Å². The van der Waals surface area contributed by atoms with Crippen molar-refractivity contribution in [3.63, 3.8) is 0 Å². The molecule has 4 fully saturated rings. The van der Waals surface area contributed by atoms with Crippen molar-refractivity contribution in [2.24, 2.45) is 5.73 Å². The molecule has 4 saturated heterocycles. The van der Waals surface area contributed by atoms with Gasteiger partial charge >= 0.3 is 11.9 Å². The van der Waals surface area contributed by atoms with Crippen molar-refractivity contribution in [2.75, 3.05) is 6.79 Å². The number of carbonyl (C=O) groups excluding carboxylic acids is 5. The molecule has 6 atom stereocenters. The van der Waals surface area contributed by atoms with E-state index in [1.54, 1.807) is 44.2 Å². The van der Waals surface area contributed by atoms with Crippen LogP contribution < -0.4 is 11.1 Å². The molecule has 0 radical (unpaired) electrons. The van der Waals surface area contributed by atoms with Gasteiger partial charge in [-0.1, -0.05) is 30.3 Å². The zero-order valence-corrected chi connectivity index (χ0v) is 23.9. The highest BCUT2D eigenvalue weighted by atomic mass is 32.3. The van der Waals surface area contributed by atoms with E-state index in [1.807, 2.05) is 0 Å². The Labute approximate surface area is 236 Å². The van der Waals surface area contributed by atoms with Crippen LogP contribution in [0.5, 0.6) is 0 Å². The lowest BCUT2D eigenvalue weighted by molar-refractivity contribution is -0.181. The second kappa shape index (κ2) is 9.62. The van der Waals surface area contributed by atoms with E-state index in [9.17, 15) is 33.1 Å². The maximum Gasteiger partial charge on any atom is 0.334 e. The number of amides is 3. The smallest absolute Gasteiger partial charge is 0.334 e. The third-order valence-electron chi connectivity index (χ3n) is 8.07. The van der Waals surface area contributed by atoms with Crippen LogP contribution in [-0.2, 0) is 33.4 Å². The summed E-state index contributed by atoms with van der Waals surface area (Å²) in [6, 6.07) is 4.65. The fourth-order valence-corrected chi connectivity index (χ4v) is 9.51. The number of carbonyl (C=O) groups is 5. The average Bonchev–Trinajstić information content (AvgIpc) is 3.22. The van der Waals surface area contributed by atoms with E-state index in [1.165, 1.54) is 30.5 Å². The highest BCUT2D eigenvalue weighted by molar-refractivity contribution is 8.26. The van der Waals surface area contributed by atoms with Crippen LogP contribution in [0.3, 0.4) is 0 Å². The van der Waals surface area contributed by atoms with Crippen molar-refractivity contribution in [3.05, 3.63) is 35.9 Å². The largest absolute Gasteiger partial charge is 0.426 e. The number of hydrogen-bond acceptors (Lipinski definition) is 11. The van der Waals surface area contributed by atoms with Crippen molar-refractivity contribution in [2.45, 2.75) is 78.5 Å². The number of hydrogen-bond donors (Lipinski definition) is 4. The Morgan fingerprint density at radius 2 is 1.68 bits per heavy atom. The standard InChI is InChI=1S/C25H32N4O9S2/c1-24(2)17(29-20(32)16(21(29)39-24)27-19(31)15(26)12-8-6-5-7-9-12)22(33)37-11-38-23(34)18-25(3,4)40(35,36)14-10-13(30)28(14)18/h5-9,14-18,21,35-36H,10-11,26H2,1-4H3,(H,27,31)/t14?,15?,16-,17-,18+,21-/m1/s1. The number of rotatable bonds is 7. The van der Waals surface area contributed by atoms with E-state index in [2.05, 4.69) is 5.32 Å². The predicted octanol–water partition coefficient (Wildman–Crippen LogP) is 0.747. The normalized spacial score (nSPS) is 32.1. The van der Waals surface area contributed by atoms with Crippen molar-refractivity contribution in [1.82, 2.24) is 15.1 Å². The van der Waals surface area contributed by atoms with Gasteiger partial charge in [-0.05, 0) is 33.3 Å². The molecule has 13 nitrogen and oxygen atoms in total. The number of benzene rings is 1. The molecule has 218 valence electrons. The molecule has 0 aliphatic carbocycles. The van der Waals surface area contributed by atoms with Crippen LogP contribution in [-0.4, -0.2) is 93.7 Å². The van der Waals surface area contributed by atoms with Gasteiger partial charge in [0, 0.05) is 4.75 Å². The van der Waals surface area contributed by atoms with Crippen LogP contribution in [0.15, 0.2) is 30.3 Å². The number of esters is 2. The summed E-state index contributed by atoms with van der Waals surface area (Å²) in [4.78, 5) is 66.2. The summed E-state index contributed by atoms with van der Waals surface area (Å²) >= 11 is 1.33. The first-order valence-corrected chi connectivity index (χ1v) is 15.1. The first-order chi connectivity index (χ1) is 18.6. The van der Waals surface area contributed by atoms with Gasteiger partial charge < -0.3 is 30.3 Å². The van der Waals surface area contributed by atoms with Gasteiger partial charge in [-0.25, -0.2) is 9.59 Å². The SMILES string of the molecule is CC1(C)S[C@@H]2[C@H](NC(=O)C(N)c3ccccc3)C(=O)N2[C@@H]1C(=O)OCOC(=O)[C@@H]1N2C(=O)CC2S(O)(O)C1(C)C. The monoisotopic (exact) mass is 596 g/mol. The Hall–Kier alpha value is -2.85. The van der Waals surface area contributed by atoms with E-state index < -0.39 is 91.5 Å². The van der Waals surface area contributed by atoms with Crippen molar-refractivity contribution in [3.8, 4) is 0 Å². The van der Waals surface area contributed by atoms with Crippen molar-refractivity contribution >= 4 is 52.0 Å². The molecule has 15 heteroatoms. The fourth-order valence-electron chi connectivity index (χ4n) is 5.72. The van der Waals surface area contributed by atoms with Gasteiger partial charge in [-0.3, -0.25) is 23.5 Å². The topological polar surface area (TPSA) is 189 Å². The van der Waals surface area contributed by atoms with Crippen LogP contribution in [0.4, 0.5) is 0 Å². The van der Waals surface area contributed by atoms with E-state index >= 15 is 0 Å². The summed E-state index contributed by atoms with van der Waals surface area (Å²) in [5.74, 6) is -3.11. The molecule has 1 aromatic carbocycles. The van der Waals surface area contributed by atoms with Gasteiger partial charge in [-0.15, -0.1) is 11.8 Å². The minimum absolute atomic E-state index is 0.0658. The van der Waals surface area contributed by atoms with E-state index in [0.717, 1.165) is 4.90 Å². The van der Waals surface area contributed by atoms with E-state index in [0.29, 0.717) is 5.56 Å². The van der Waals surface area contributed by atoms with Gasteiger partial charge in [0.25, 0.3) is 0 Å². The van der Waals surface area contributed by atoms with Crippen LogP contribution >= 0.6 is 22.4 Å². The lowest BCUT2D eigenvalue weighted by Gasteiger charge is -2.46. The van der Waals surface area contributed by atoms with Gasteiger partial charge in [0.05, 0.1) is 11.2 Å². The van der Waals surface area contributed by atoms with Crippen LogP contribution in [0.1, 0.15) is 45.7 Å². The van der Waals surface area contributed by atoms with E-state index in [-0.39, 0.29) is 6.42 Å². The number of nitrogens with one attached hydrogen (secondary N) is 1. The number of ether oxygens (including phenoxy) is 2. The molecule has 2 unspecified atom stereocenters. The minimum Gasteiger partial charge on any atom is -0.426 e. The van der Waals surface area contributed by atoms with Gasteiger partial charge in [0.2, 0.25) is 24.5 Å². The van der Waals surface area contributed by atoms with Crippen LogP contribution in [0.2, 0.25) is 0 Å². The molecule has 1 aromatic rings. The molecular weight excluding hydrogens is 564 g/mol. The summed E-state index contributed by atoms with van der Waals surface area (Å²) in [6.07, 6.45) is -0.0658. The highest BCUT2D eigenvalue weighted by Crippen LogP contribution is 2.68. The zero-order valence-electron chi connectivity index (χ0n) is 22.3. The molecule has 0 bridgehead atoms. The second-order valence-corrected chi connectivity index (χ2v) is 15.8. The summed E-state index contributed by atoms with van der Waals surface area (Å²) < 4.78 is 29.4. The summed E-state index contributed by atoms with van der Waals surface area (Å²) in [5.41, 5.74) is 6.65. The Kier molecular flexibility index (Phi) is 6.89. The number of nitrogens with two attached hydrogens (primary N) is 1. The molecule has 0 saturated carbocycles. The molecular formula is C25H32N4O9S2. The van der Waals surface area contributed by atoms with Gasteiger partial charge in [0.15, 0.2) is 6.04 Å². The van der Waals surface area contributed by atoms with Crippen LogP contribution in [0, 0.1) is 0 Å². The Morgan fingerprint density at radius 1 is 1.07 bits per heavy atom. The van der Waals surface area contributed by atoms with Crippen LogP contribution in [0.25, 0.3) is 0 Å². The zero-order chi connectivity index (χ0) is 29.4. The predicted molar refractivity (Wildman–Crippen MR) is 144 cm³/mol. The number of nitrogens with zero attached hydrogens (tertiary/aromatic N) is 2. The quantitative estimate of drug-likeness (QED) is 0.197. The van der Waals surface area contributed by atoms with Crippen molar-refractivity contribution in [1.29, 1.82) is 0 Å². The fraction of sp³-hybridized carbons (Fsp3) is 0.560. The van der Waals surface area contributed by atoms with Crippen molar-refractivity contribution < 1.29 is 42.6 Å². The highest BCUT2D eigenvalue weighted by Gasteiger charge is 2.68. The molecule has 0 aromatic heterocycles. The summed E-state index contributed by atoms with van der Waals surface area (Å²) in [7, 11) is -3.30. The molecule has 3 amide bonds. The first-order valence-electron chi connectivity index (χ1n) is 12.6. The maximum atomic E-state index is 13.1. The molecule has 40 heavy (non-hydrogen) atoms. The molecule has 5 rings (SSSR count). The first kappa shape index (κ1) is 28.7. The van der Waals surface area contributed by atoms with E-state index in [4.69, 9.17) is 15.2 Å².